The van der Waals surface area contributed by atoms with Gasteiger partial charge in [0.25, 0.3) is 0 Å². The largest absolute Gasteiger partial charge is 0.382 e. The van der Waals surface area contributed by atoms with Gasteiger partial charge < -0.3 is 10.1 Å². The van der Waals surface area contributed by atoms with E-state index in [1.807, 2.05) is 0 Å². The van der Waals surface area contributed by atoms with Crippen molar-refractivity contribution >= 4 is 21.6 Å². The molecular weight excluding hydrogens is 314 g/mol. The van der Waals surface area contributed by atoms with Crippen LogP contribution in [0.5, 0.6) is 0 Å². The van der Waals surface area contributed by atoms with Crippen LogP contribution < -0.4 is 5.32 Å². The van der Waals surface area contributed by atoms with Crippen LogP contribution in [0.25, 0.3) is 0 Å². The monoisotopic (exact) mass is 339 g/mol. The second-order valence-electron chi connectivity index (χ2n) is 6.21. The molecule has 1 aliphatic rings. The van der Waals surface area contributed by atoms with Crippen LogP contribution in [-0.4, -0.2) is 13.2 Å². The summed E-state index contributed by atoms with van der Waals surface area (Å²) in [6.45, 7) is 5.34. The molecule has 2 unspecified atom stereocenters. The molecule has 112 valence electrons. The van der Waals surface area contributed by atoms with Crippen molar-refractivity contribution in [3.05, 3.63) is 28.2 Å². The lowest BCUT2D eigenvalue weighted by atomic mass is 9.79. The van der Waals surface area contributed by atoms with Gasteiger partial charge in [-0.25, -0.2) is 0 Å². The molecule has 1 fully saturated rings. The van der Waals surface area contributed by atoms with E-state index in [4.69, 9.17) is 4.74 Å². The Hall–Kier alpha value is -0.540. The van der Waals surface area contributed by atoms with Gasteiger partial charge >= 0.3 is 0 Å². The van der Waals surface area contributed by atoms with Crippen molar-refractivity contribution in [2.24, 2.45) is 11.8 Å². The van der Waals surface area contributed by atoms with Gasteiger partial charge in [-0.1, -0.05) is 48.7 Å². The standard InChI is InChI=1S/C17H26BrNO/c1-12(2)13-6-4-7-14(10-13)19-17-9-5-8-16(18)15(17)11-20-3/h5,8-9,12-14,19H,4,6-7,10-11H2,1-3H3. The zero-order chi connectivity index (χ0) is 14.5. The van der Waals surface area contributed by atoms with Gasteiger partial charge in [-0.15, -0.1) is 0 Å². The predicted octanol–water partition coefficient (Wildman–Crippen LogP) is 5.22. The van der Waals surface area contributed by atoms with E-state index >= 15 is 0 Å². The number of hydrogen-bond donors (Lipinski definition) is 1. The highest BCUT2D eigenvalue weighted by Crippen LogP contribution is 2.33. The van der Waals surface area contributed by atoms with E-state index < -0.39 is 0 Å². The lowest BCUT2D eigenvalue weighted by Crippen LogP contribution is -2.29. The second-order valence-corrected chi connectivity index (χ2v) is 7.07. The number of methoxy groups -OCH3 is 1. The van der Waals surface area contributed by atoms with E-state index in [-0.39, 0.29) is 0 Å². The van der Waals surface area contributed by atoms with Crippen molar-refractivity contribution < 1.29 is 4.74 Å². The summed E-state index contributed by atoms with van der Waals surface area (Å²) >= 11 is 3.63. The Morgan fingerprint density at radius 1 is 1.35 bits per heavy atom. The molecule has 2 nitrogen and oxygen atoms in total. The minimum Gasteiger partial charge on any atom is -0.382 e. The Morgan fingerprint density at radius 2 is 2.15 bits per heavy atom. The van der Waals surface area contributed by atoms with Gasteiger partial charge in [-0.05, 0) is 36.8 Å². The Morgan fingerprint density at radius 3 is 2.85 bits per heavy atom. The van der Waals surface area contributed by atoms with Crippen LogP contribution in [0.15, 0.2) is 22.7 Å². The fraction of sp³-hybridized carbons (Fsp3) is 0.647. The van der Waals surface area contributed by atoms with Crippen LogP contribution >= 0.6 is 15.9 Å². The number of halogens is 1. The minimum atomic E-state index is 0.598. The maximum Gasteiger partial charge on any atom is 0.0744 e. The molecule has 1 aromatic rings. The number of hydrogen-bond acceptors (Lipinski definition) is 2. The molecule has 1 aliphatic carbocycles. The average molecular weight is 340 g/mol. The molecule has 0 saturated heterocycles. The zero-order valence-corrected chi connectivity index (χ0v) is 14.4. The first kappa shape index (κ1) is 15.8. The summed E-state index contributed by atoms with van der Waals surface area (Å²) in [5, 5.41) is 3.75. The van der Waals surface area contributed by atoms with Gasteiger partial charge in [0.1, 0.15) is 0 Å². The molecule has 2 rings (SSSR count). The maximum atomic E-state index is 5.33. The van der Waals surface area contributed by atoms with E-state index in [9.17, 15) is 0 Å². The molecule has 0 radical (unpaired) electrons. The molecule has 1 aromatic carbocycles. The van der Waals surface area contributed by atoms with Crippen LogP contribution in [-0.2, 0) is 11.3 Å². The topological polar surface area (TPSA) is 21.3 Å². The maximum absolute atomic E-state index is 5.33. The van der Waals surface area contributed by atoms with Gasteiger partial charge in [-0.2, -0.15) is 0 Å². The van der Waals surface area contributed by atoms with Crippen LogP contribution in [0, 0.1) is 11.8 Å². The molecule has 0 aliphatic heterocycles. The van der Waals surface area contributed by atoms with Gasteiger partial charge in [0.2, 0.25) is 0 Å². The second kappa shape index (κ2) is 7.46. The van der Waals surface area contributed by atoms with Gasteiger partial charge in [0, 0.05) is 28.9 Å². The molecular formula is C17H26BrNO. The highest BCUT2D eigenvalue weighted by Gasteiger charge is 2.24. The molecule has 20 heavy (non-hydrogen) atoms. The first-order valence-electron chi connectivity index (χ1n) is 7.64. The van der Waals surface area contributed by atoms with Crippen molar-refractivity contribution in [3.63, 3.8) is 0 Å². The summed E-state index contributed by atoms with van der Waals surface area (Å²) in [7, 11) is 1.75. The molecule has 0 spiro atoms. The van der Waals surface area contributed by atoms with Gasteiger partial charge in [0.05, 0.1) is 6.61 Å². The Kier molecular flexibility index (Phi) is 5.91. The first-order valence-corrected chi connectivity index (χ1v) is 8.44. The van der Waals surface area contributed by atoms with Crippen molar-refractivity contribution in [3.8, 4) is 0 Å². The van der Waals surface area contributed by atoms with E-state index in [1.165, 1.54) is 36.9 Å². The van der Waals surface area contributed by atoms with Gasteiger partial charge in [0.15, 0.2) is 0 Å². The molecule has 0 heterocycles. The SMILES string of the molecule is COCc1c(Br)cccc1NC1CCCC(C(C)C)C1. The fourth-order valence-electron chi connectivity index (χ4n) is 3.17. The zero-order valence-electron chi connectivity index (χ0n) is 12.8. The molecule has 0 aromatic heterocycles. The third-order valence-electron chi connectivity index (χ3n) is 4.42. The third-order valence-corrected chi connectivity index (χ3v) is 5.17. The number of nitrogens with one attached hydrogen (secondary N) is 1. The highest BCUT2D eigenvalue weighted by molar-refractivity contribution is 9.10. The van der Waals surface area contributed by atoms with Gasteiger partial charge in [-0.3, -0.25) is 0 Å². The summed E-state index contributed by atoms with van der Waals surface area (Å²) in [5.41, 5.74) is 2.44. The van der Waals surface area contributed by atoms with E-state index in [1.54, 1.807) is 7.11 Å². The molecule has 0 amide bonds. The summed E-state index contributed by atoms with van der Waals surface area (Å²) in [5.74, 6) is 1.65. The van der Waals surface area contributed by atoms with Crippen molar-refractivity contribution in [1.82, 2.24) is 0 Å². The van der Waals surface area contributed by atoms with Crippen molar-refractivity contribution in [1.29, 1.82) is 0 Å². The highest BCUT2D eigenvalue weighted by atomic mass is 79.9. The lowest BCUT2D eigenvalue weighted by molar-refractivity contribution is 0.184. The van der Waals surface area contributed by atoms with E-state index in [2.05, 4.69) is 53.3 Å². The van der Waals surface area contributed by atoms with Crippen LogP contribution in [0.3, 0.4) is 0 Å². The summed E-state index contributed by atoms with van der Waals surface area (Å²) in [6.07, 6.45) is 5.30. The lowest BCUT2D eigenvalue weighted by Gasteiger charge is -2.33. The number of ether oxygens (including phenoxy) is 1. The smallest absolute Gasteiger partial charge is 0.0744 e. The number of benzene rings is 1. The molecule has 0 bridgehead atoms. The summed E-state index contributed by atoms with van der Waals surface area (Å²) < 4.78 is 6.45. The Bertz CT molecular complexity index is 433. The van der Waals surface area contributed by atoms with Crippen LogP contribution in [0.4, 0.5) is 5.69 Å². The third kappa shape index (κ3) is 3.98. The van der Waals surface area contributed by atoms with Crippen LogP contribution in [0.1, 0.15) is 45.1 Å². The normalized spacial score (nSPS) is 23.1. The first-order chi connectivity index (χ1) is 9.61. The molecule has 2 atom stereocenters. The van der Waals surface area contributed by atoms with E-state index in [0.717, 1.165) is 16.3 Å². The molecule has 1 N–H and O–H groups in total. The van der Waals surface area contributed by atoms with Crippen molar-refractivity contribution in [2.75, 3.05) is 12.4 Å². The summed E-state index contributed by atoms with van der Waals surface area (Å²) in [6, 6.07) is 6.94. The molecule has 1 saturated carbocycles. The van der Waals surface area contributed by atoms with Crippen molar-refractivity contribution in [2.45, 2.75) is 52.2 Å². The molecule has 3 heteroatoms. The fourth-order valence-corrected chi connectivity index (χ4v) is 3.65. The summed E-state index contributed by atoms with van der Waals surface area (Å²) in [4.78, 5) is 0. The Balaban J connectivity index is 2.07. The minimum absolute atomic E-state index is 0.598. The predicted molar refractivity (Wildman–Crippen MR) is 89.1 cm³/mol. The number of anilines is 1. The average Bonchev–Trinajstić information content (AvgIpc) is 2.43. The van der Waals surface area contributed by atoms with Crippen LogP contribution in [0.2, 0.25) is 0 Å². The Labute approximate surface area is 131 Å². The number of rotatable bonds is 5. The quantitative estimate of drug-likeness (QED) is 0.793. The van der Waals surface area contributed by atoms with E-state index in [0.29, 0.717) is 12.6 Å².